The molecule has 64 valence electrons. The molecule has 0 fully saturated rings. The molecule has 3 heteroatoms. The molecule has 0 heterocycles. The molecule has 0 unspecified atom stereocenters. The second kappa shape index (κ2) is 4.38. The van der Waals surface area contributed by atoms with E-state index in [0.717, 1.165) is 5.69 Å². The fourth-order valence-electron chi connectivity index (χ4n) is 0.810. The molecular weight excluding hydrogens is 152 g/mol. The van der Waals surface area contributed by atoms with Crippen LogP contribution in [-0.2, 0) is 4.74 Å². The molecule has 0 saturated carbocycles. The molecule has 0 atom stereocenters. The molecule has 3 nitrogen and oxygen atoms in total. The Morgan fingerprint density at radius 2 is 2.08 bits per heavy atom. The summed E-state index contributed by atoms with van der Waals surface area (Å²) in [7, 11) is 0. The average molecular weight is 164 g/mol. The highest BCUT2D eigenvalue weighted by Crippen LogP contribution is 2.08. The van der Waals surface area contributed by atoms with E-state index < -0.39 is 0 Å². The van der Waals surface area contributed by atoms with E-state index in [1.807, 2.05) is 37.3 Å². The Morgan fingerprint density at radius 3 is 2.67 bits per heavy atom. The van der Waals surface area contributed by atoms with Gasteiger partial charge in [0.15, 0.2) is 0 Å². The highest BCUT2D eigenvalue weighted by molar-refractivity contribution is 5.74. The van der Waals surface area contributed by atoms with Crippen LogP contribution in [0.4, 0.5) is 5.69 Å². The van der Waals surface area contributed by atoms with Crippen LogP contribution < -0.4 is 5.73 Å². The SMILES string of the molecule is CCO/C(N)=N/c1ccccc1. The third-order valence-corrected chi connectivity index (χ3v) is 1.29. The topological polar surface area (TPSA) is 47.6 Å². The number of aliphatic imine (C=N–C) groups is 1. The van der Waals surface area contributed by atoms with Crippen molar-refractivity contribution in [1.82, 2.24) is 0 Å². The Kier molecular flexibility index (Phi) is 3.14. The van der Waals surface area contributed by atoms with Crippen LogP contribution in [0.3, 0.4) is 0 Å². The van der Waals surface area contributed by atoms with E-state index in [9.17, 15) is 0 Å². The van der Waals surface area contributed by atoms with Crippen molar-refractivity contribution in [3.63, 3.8) is 0 Å². The standard InChI is InChI=1S/C9H12N2O/c1-2-12-9(10)11-8-6-4-3-5-7-8/h3-7H,2H2,1H3,(H2,10,11). The van der Waals surface area contributed by atoms with Crippen LogP contribution in [0, 0.1) is 0 Å². The van der Waals surface area contributed by atoms with Gasteiger partial charge in [0.05, 0.1) is 12.3 Å². The molecule has 1 aromatic rings. The third-order valence-electron chi connectivity index (χ3n) is 1.29. The molecule has 0 aliphatic carbocycles. The van der Waals surface area contributed by atoms with Crippen LogP contribution in [0.5, 0.6) is 0 Å². The van der Waals surface area contributed by atoms with Crippen LogP contribution in [0.2, 0.25) is 0 Å². The summed E-state index contributed by atoms with van der Waals surface area (Å²) in [5, 5.41) is 0. The number of ether oxygens (including phenoxy) is 1. The summed E-state index contributed by atoms with van der Waals surface area (Å²) in [5.41, 5.74) is 6.25. The molecule has 0 spiro atoms. The van der Waals surface area contributed by atoms with Gasteiger partial charge in [-0.05, 0) is 19.1 Å². The van der Waals surface area contributed by atoms with Crippen LogP contribution in [0.25, 0.3) is 0 Å². The minimum atomic E-state index is 0.212. The molecule has 1 aromatic carbocycles. The monoisotopic (exact) mass is 164 g/mol. The number of benzene rings is 1. The van der Waals surface area contributed by atoms with Gasteiger partial charge >= 0.3 is 0 Å². The number of hydrogen-bond donors (Lipinski definition) is 1. The number of para-hydroxylation sites is 1. The van der Waals surface area contributed by atoms with E-state index in [1.165, 1.54) is 0 Å². The van der Waals surface area contributed by atoms with Crippen molar-refractivity contribution in [2.75, 3.05) is 6.61 Å². The molecule has 2 N–H and O–H groups in total. The van der Waals surface area contributed by atoms with E-state index in [0.29, 0.717) is 6.61 Å². The van der Waals surface area contributed by atoms with E-state index in [2.05, 4.69) is 4.99 Å². The average Bonchev–Trinajstić information content (AvgIpc) is 2.06. The van der Waals surface area contributed by atoms with Gasteiger partial charge in [0, 0.05) is 0 Å². The summed E-state index contributed by atoms with van der Waals surface area (Å²) in [4.78, 5) is 4.02. The first-order chi connectivity index (χ1) is 5.83. The largest absolute Gasteiger partial charge is 0.465 e. The summed E-state index contributed by atoms with van der Waals surface area (Å²) < 4.78 is 4.97. The summed E-state index contributed by atoms with van der Waals surface area (Å²) >= 11 is 0. The van der Waals surface area contributed by atoms with Gasteiger partial charge in [-0.3, -0.25) is 0 Å². The highest BCUT2D eigenvalue weighted by atomic mass is 16.5. The molecule has 0 saturated heterocycles. The van der Waals surface area contributed by atoms with Gasteiger partial charge in [-0.25, -0.2) is 0 Å². The molecular formula is C9H12N2O. The lowest BCUT2D eigenvalue weighted by Gasteiger charge is -1.99. The maximum Gasteiger partial charge on any atom is 0.287 e. The lowest BCUT2D eigenvalue weighted by Crippen LogP contribution is -2.15. The van der Waals surface area contributed by atoms with Gasteiger partial charge in [-0.2, -0.15) is 4.99 Å². The number of nitrogens with two attached hydrogens (primary N) is 1. The molecule has 0 bridgehead atoms. The van der Waals surface area contributed by atoms with Crippen molar-refractivity contribution in [2.24, 2.45) is 10.7 Å². The number of nitrogens with zero attached hydrogens (tertiary/aromatic N) is 1. The van der Waals surface area contributed by atoms with Crippen molar-refractivity contribution < 1.29 is 4.74 Å². The maximum atomic E-state index is 5.44. The van der Waals surface area contributed by atoms with Crippen molar-refractivity contribution in [3.05, 3.63) is 30.3 Å². The van der Waals surface area contributed by atoms with Crippen molar-refractivity contribution in [3.8, 4) is 0 Å². The van der Waals surface area contributed by atoms with Gasteiger partial charge < -0.3 is 10.5 Å². The summed E-state index contributed by atoms with van der Waals surface area (Å²) in [6.45, 7) is 2.41. The maximum absolute atomic E-state index is 5.44. The van der Waals surface area contributed by atoms with Gasteiger partial charge in [0.2, 0.25) is 0 Å². The van der Waals surface area contributed by atoms with E-state index in [1.54, 1.807) is 0 Å². The normalized spacial score (nSPS) is 11.2. The lowest BCUT2D eigenvalue weighted by molar-refractivity contribution is 0.322. The van der Waals surface area contributed by atoms with Crippen LogP contribution in [-0.4, -0.2) is 12.6 Å². The Labute approximate surface area is 71.9 Å². The fraction of sp³-hybridized carbons (Fsp3) is 0.222. The van der Waals surface area contributed by atoms with Crippen LogP contribution in [0.1, 0.15) is 6.92 Å². The van der Waals surface area contributed by atoms with Crippen molar-refractivity contribution in [2.45, 2.75) is 6.92 Å². The summed E-state index contributed by atoms with van der Waals surface area (Å²) in [6.07, 6.45) is 0. The number of rotatable bonds is 2. The first kappa shape index (κ1) is 8.59. The third kappa shape index (κ3) is 2.62. The number of amidine groups is 1. The minimum Gasteiger partial charge on any atom is -0.465 e. The van der Waals surface area contributed by atoms with Gasteiger partial charge in [0.25, 0.3) is 6.02 Å². The molecule has 0 amide bonds. The lowest BCUT2D eigenvalue weighted by atomic mass is 10.3. The predicted octanol–water partition coefficient (Wildman–Crippen LogP) is 1.67. The molecule has 12 heavy (non-hydrogen) atoms. The molecule has 1 rings (SSSR count). The van der Waals surface area contributed by atoms with Crippen molar-refractivity contribution in [1.29, 1.82) is 0 Å². The Morgan fingerprint density at radius 1 is 1.42 bits per heavy atom. The van der Waals surface area contributed by atoms with Crippen molar-refractivity contribution >= 4 is 11.7 Å². The quantitative estimate of drug-likeness (QED) is 0.534. The fourth-order valence-corrected chi connectivity index (χ4v) is 0.810. The first-order valence-electron chi connectivity index (χ1n) is 3.85. The van der Waals surface area contributed by atoms with E-state index in [-0.39, 0.29) is 6.02 Å². The summed E-state index contributed by atoms with van der Waals surface area (Å²) in [6, 6.07) is 9.67. The molecule has 0 aromatic heterocycles. The second-order valence-electron chi connectivity index (χ2n) is 2.22. The predicted molar refractivity (Wildman–Crippen MR) is 49.4 cm³/mol. The Hall–Kier alpha value is -1.51. The van der Waals surface area contributed by atoms with E-state index >= 15 is 0 Å². The molecule has 0 aliphatic rings. The number of hydrogen-bond acceptors (Lipinski definition) is 2. The molecule has 0 aliphatic heterocycles. The first-order valence-corrected chi connectivity index (χ1v) is 3.85. The molecule has 0 radical (unpaired) electrons. The van der Waals surface area contributed by atoms with E-state index in [4.69, 9.17) is 10.5 Å². The Balaban J connectivity index is 2.67. The second-order valence-corrected chi connectivity index (χ2v) is 2.22. The van der Waals surface area contributed by atoms with Gasteiger partial charge in [-0.1, -0.05) is 18.2 Å². The summed E-state index contributed by atoms with van der Waals surface area (Å²) in [5.74, 6) is 0. The zero-order valence-corrected chi connectivity index (χ0v) is 7.03. The zero-order valence-electron chi connectivity index (χ0n) is 7.03. The minimum absolute atomic E-state index is 0.212. The van der Waals surface area contributed by atoms with Gasteiger partial charge in [-0.15, -0.1) is 0 Å². The smallest absolute Gasteiger partial charge is 0.287 e. The highest BCUT2D eigenvalue weighted by Gasteiger charge is 1.90. The van der Waals surface area contributed by atoms with Gasteiger partial charge in [0.1, 0.15) is 0 Å². The van der Waals surface area contributed by atoms with Crippen LogP contribution >= 0.6 is 0 Å². The van der Waals surface area contributed by atoms with Crippen LogP contribution in [0.15, 0.2) is 35.3 Å². The zero-order chi connectivity index (χ0) is 8.81. The Bertz CT molecular complexity index is 256.